The maximum atomic E-state index is 12.9. The molecule has 2 aromatic carbocycles. The summed E-state index contributed by atoms with van der Waals surface area (Å²) in [5, 5.41) is 2.97. The van der Waals surface area contributed by atoms with Gasteiger partial charge in [-0.2, -0.15) is 0 Å². The number of nitrogens with zero attached hydrogens (tertiary/aromatic N) is 1. The lowest BCUT2D eigenvalue weighted by Gasteiger charge is -2.21. The van der Waals surface area contributed by atoms with Gasteiger partial charge < -0.3 is 14.8 Å². The number of nitrogens with one attached hydrogen (secondary N) is 1. The molecule has 3 amide bonds. The van der Waals surface area contributed by atoms with Crippen LogP contribution in [0.5, 0.6) is 5.75 Å². The molecule has 4 rings (SSSR count). The number of methoxy groups -OCH3 is 1. The summed E-state index contributed by atoms with van der Waals surface area (Å²) in [5.74, 6) is -0.508. The van der Waals surface area contributed by atoms with E-state index in [1.807, 2.05) is 6.92 Å². The fourth-order valence-corrected chi connectivity index (χ4v) is 3.97. The predicted octanol–water partition coefficient (Wildman–Crippen LogP) is 2.79. The fraction of sp³-hybridized carbons (Fsp3) is 0.348. The number of fused-ring (bicyclic) bond motifs is 1. The van der Waals surface area contributed by atoms with Gasteiger partial charge in [0, 0.05) is 6.61 Å². The Morgan fingerprint density at radius 3 is 2.50 bits per heavy atom. The summed E-state index contributed by atoms with van der Waals surface area (Å²) in [6.45, 7) is 2.71. The molecule has 1 saturated heterocycles. The lowest BCUT2D eigenvalue weighted by atomic mass is 10.1. The smallest absolute Gasteiger partial charge is 0.261 e. The van der Waals surface area contributed by atoms with Gasteiger partial charge in [-0.05, 0) is 49.6 Å². The van der Waals surface area contributed by atoms with Gasteiger partial charge in [-0.3, -0.25) is 19.3 Å². The Balaban J connectivity index is 1.53. The number of hydrogen-bond donors (Lipinski definition) is 1. The number of rotatable bonds is 6. The zero-order valence-electron chi connectivity index (χ0n) is 17.0. The Morgan fingerprint density at radius 2 is 1.90 bits per heavy atom. The van der Waals surface area contributed by atoms with Crippen LogP contribution >= 0.6 is 0 Å². The molecule has 2 aliphatic heterocycles. The van der Waals surface area contributed by atoms with Gasteiger partial charge in [-0.15, -0.1) is 0 Å². The van der Waals surface area contributed by atoms with E-state index in [1.165, 1.54) is 12.0 Å². The molecule has 0 aromatic heterocycles. The SMILES string of the molecule is COc1ccc(CN2C(=O)c3ccccc3C2=O)cc1C(=O)NC(C)C1CCCO1. The Labute approximate surface area is 175 Å². The van der Waals surface area contributed by atoms with Gasteiger partial charge in [0.25, 0.3) is 17.7 Å². The van der Waals surface area contributed by atoms with E-state index in [-0.39, 0.29) is 36.4 Å². The molecule has 30 heavy (non-hydrogen) atoms. The van der Waals surface area contributed by atoms with E-state index >= 15 is 0 Å². The molecular formula is C23H24N2O5. The van der Waals surface area contributed by atoms with Crippen LogP contribution in [-0.2, 0) is 11.3 Å². The molecule has 1 N–H and O–H groups in total. The van der Waals surface area contributed by atoms with Gasteiger partial charge in [0.2, 0.25) is 0 Å². The summed E-state index contributed by atoms with van der Waals surface area (Å²) < 4.78 is 11.0. The van der Waals surface area contributed by atoms with Crippen molar-refractivity contribution < 1.29 is 23.9 Å². The lowest BCUT2D eigenvalue weighted by molar-refractivity contribution is 0.0642. The maximum absolute atomic E-state index is 12.9. The van der Waals surface area contributed by atoms with E-state index in [1.54, 1.807) is 42.5 Å². The molecule has 156 valence electrons. The van der Waals surface area contributed by atoms with E-state index in [2.05, 4.69) is 5.32 Å². The average molecular weight is 408 g/mol. The number of amides is 3. The van der Waals surface area contributed by atoms with Crippen LogP contribution in [0.2, 0.25) is 0 Å². The van der Waals surface area contributed by atoms with Crippen molar-refractivity contribution in [3.05, 3.63) is 64.7 Å². The normalized spacial score (nSPS) is 19.0. The van der Waals surface area contributed by atoms with Gasteiger partial charge in [-0.25, -0.2) is 0 Å². The first-order valence-corrected chi connectivity index (χ1v) is 10.0. The molecular weight excluding hydrogens is 384 g/mol. The van der Waals surface area contributed by atoms with Gasteiger partial charge in [0.15, 0.2) is 0 Å². The third-order valence-corrected chi connectivity index (χ3v) is 5.61. The largest absolute Gasteiger partial charge is 0.496 e. The van der Waals surface area contributed by atoms with Crippen molar-refractivity contribution in [3.8, 4) is 5.75 Å². The molecule has 0 bridgehead atoms. The Bertz CT molecular complexity index is 962. The van der Waals surface area contributed by atoms with Crippen molar-refractivity contribution in [2.45, 2.75) is 38.5 Å². The second-order valence-electron chi connectivity index (χ2n) is 7.59. The first kappa shape index (κ1) is 20.1. The minimum absolute atomic E-state index is 0.00137. The number of ether oxygens (including phenoxy) is 2. The van der Waals surface area contributed by atoms with Crippen LogP contribution < -0.4 is 10.1 Å². The van der Waals surface area contributed by atoms with E-state index in [4.69, 9.17) is 9.47 Å². The summed E-state index contributed by atoms with van der Waals surface area (Å²) in [4.78, 5) is 39.4. The second kappa shape index (κ2) is 8.28. The average Bonchev–Trinajstić information content (AvgIpc) is 3.38. The van der Waals surface area contributed by atoms with Crippen LogP contribution in [0.1, 0.15) is 56.4 Å². The Morgan fingerprint density at radius 1 is 1.20 bits per heavy atom. The van der Waals surface area contributed by atoms with Crippen LogP contribution in [0.4, 0.5) is 0 Å². The Kier molecular flexibility index (Phi) is 5.55. The number of carbonyl (C=O) groups excluding carboxylic acids is 3. The molecule has 2 heterocycles. The van der Waals surface area contributed by atoms with Crippen molar-refractivity contribution in [1.82, 2.24) is 10.2 Å². The Hall–Kier alpha value is -3.19. The van der Waals surface area contributed by atoms with Crippen LogP contribution in [0, 0.1) is 0 Å². The minimum atomic E-state index is -0.329. The van der Waals surface area contributed by atoms with Crippen molar-refractivity contribution >= 4 is 17.7 Å². The van der Waals surface area contributed by atoms with Crippen LogP contribution in [0.15, 0.2) is 42.5 Å². The van der Waals surface area contributed by atoms with Crippen molar-refractivity contribution in [1.29, 1.82) is 0 Å². The maximum Gasteiger partial charge on any atom is 0.261 e. The molecule has 2 atom stereocenters. The van der Waals surface area contributed by atoms with Crippen LogP contribution in [0.25, 0.3) is 0 Å². The standard InChI is InChI=1S/C23H24N2O5/c1-14(19-8-5-11-30-19)24-21(26)18-12-15(9-10-20(18)29-2)13-25-22(27)16-6-3-4-7-17(16)23(25)28/h3-4,6-7,9-10,12,14,19H,5,8,11,13H2,1-2H3,(H,24,26). The molecule has 7 nitrogen and oxygen atoms in total. The highest BCUT2D eigenvalue weighted by Gasteiger charge is 2.35. The third kappa shape index (κ3) is 3.68. The van der Waals surface area contributed by atoms with Gasteiger partial charge in [0.1, 0.15) is 5.75 Å². The molecule has 2 aromatic rings. The van der Waals surface area contributed by atoms with Gasteiger partial charge in [-0.1, -0.05) is 18.2 Å². The van der Waals surface area contributed by atoms with E-state index < -0.39 is 0 Å². The van der Waals surface area contributed by atoms with Crippen LogP contribution in [0.3, 0.4) is 0 Å². The quantitative estimate of drug-likeness (QED) is 0.743. The molecule has 0 radical (unpaired) electrons. The molecule has 2 aliphatic rings. The summed E-state index contributed by atoms with van der Waals surface area (Å²) in [6.07, 6.45) is 1.91. The lowest BCUT2D eigenvalue weighted by Crippen LogP contribution is -2.41. The molecule has 1 fully saturated rings. The highest BCUT2D eigenvalue weighted by molar-refractivity contribution is 6.21. The first-order valence-electron chi connectivity index (χ1n) is 10.0. The van der Waals surface area contributed by atoms with Crippen LogP contribution in [-0.4, -0.2) is 48.5 Å². The second-order valence-corrected chi connectivity index (χ2v) is 7.59. The first-order chi connectivity index (χ1) is 14.5. The van der Waals surface area contributed by atoms with Crippen molar-refractivity contribution in [2.75, 3.05) is 13.7 Å². The summed E-state index contributed by atoms with van der Waals surface area (Å²) in [7, 11) is 1.50. The molecule has 0 saturated carbocycles. The molecule has 2 unspecified atom stereocenters. The third-order valence-electron chi connectivity index (χ3n) is 5.61. The fourth-order valence-electron chi connectivity index (χ4n) is 3.97. The number of hydrogen-bond acceptors (Lipinski definition) is 5. The molecule has 7 heteroatoms. The zero-order valence-corrected chi connectivity index (χ0v) is 17.0. The molecule has 0 aliphatic carbocycles. The highest BCUT2D eigenvalue weighted by atomic mass is 16.5. The zero-order chi connectivity index (χ0) is 21.3. The van der Waals surface area contributed by atoms with E-state index in [0.29, 0.717) is 34.6 Å². The number of imide groups is 1. The summed E-state index contributed by atoms with van der Waals surface area (Å²) in [5.41, 5.74) is 1.83. The number of benzene rings is 2. The molecule has 0 spiro atoms. The monoisotopic (exact) mass is 408 g/mol. The van der Waals surface area contributed by atoms with Crippen molar-refractivity contribution in [3.63, 3.8) is 0 Å². The summed E-state index contributed by atoms with van der Waals surface area (Å²) >= 11 is 0. The van der Waals surface area contributed by atoms with Gasteiger partial charge >= 0.3 is 0 Å². The predicted molar refractivity (Wildman–Crippen MR) is 110 cm³/mol. The van der Waals surface area contributed by atoms with Gasteiger partial charge in [0.05, 0.1) is 42.5 Å². The van der Waals surface area contributed by atoms with Crippen molar-refractivity contribution in [2.24, 2.45) is 0 Å². The number of carbonyl (C=O) groups is 3. The minimum Gasteiger partial charge on any atom is -0.496 e. The van der Waals surface area contributed by atoms with E-state index in [9.17, 15) is 14.4 Å². The topological polar surface area (TPSA) is 84.9 Å². The highest BCUT2D eigenvalue weighted by Crippen LogP contribution is 2.26. The van der Waals surface area contributed by atoms with E-state index in [0.717, 1.165) is 12.8 Å². The summed E-state index contributed by atoms with van der Waals surface area (Å²) in [6, 6.07) is 11.7.